The van der Waals surface area contributed by atoms with Crippen molar-refractivity contribution in [1.82, 2.24) is 14.7 Å². The molecular formula is C11H19N3O. The number of hydrogen-bond acceptors (Lipinski definition) is 3. The van der Waals surface area contributed by atoms with Gasteiger partial charge in [0.1, 0.15) is 0 Å². The van der Waals surface area contributed by atoms with E-state index >= 15 is 0 Å². The lowest BCUT2D eigenvalue weighted by Crippen LogP contribution is -2.37. The first-order valence-electron chi connectivity index (χ1n) is 5.54. The van der Waals surface area contributed by atoms with Crippen molar-refractivity contribution in [2.45, 2.75) is 32.4 Å². The SMILES string of the molecule is Cc1c(CN2CCCC(O)C2)cnn1C. The summed E-state index contributed by atoms with van der Waals surface area (Å²) in [5, 5.41) is 13.8. The van der Waals surface area contributed by atoms with Crippen LogP contribution in [0.3, 0.4) is 0 Å². The van der Waals surface area contributed by atoms with Crippen LogP contribution in [0.25, 0.3) is 0 Å². The zero-order valence-electron chi connectivity index (χ0n) is 9.48. The molecule has 4 heteroatoms. The Morgan fingerprint density at radius 3 is 3.00 bits per heavy atom. The monoisotopic (exact) mass is 209 g/mol. The minimum absolute atomic E-state index is 0.143. The van der Waals surface area contributed by atoms with Crippen molar-refractivity contribution in [2.75, 3.05) is 13.1 Å². The van der Waals surface area contributed by atoms with Gasteiger partial charge in [-0.25, -0.2) is 0 Å². The van der Waals surface area contributed by atoms with Crippen LogP contribution < -0.4 is 0 Å². The smallest absolute Gasteiger partial charge is 0.0667 e. The van der Waals surface area contributed by atoms with Crippen LogP contribution in [-0.2, 0) is 13.6 Å². The third-order valence-electron chi connectivity index (χ3n) is 3.21. The molecule has 0 radical (unpaired) electrons. The predicted octanol–water partition coefficient (Wildman–Crippen LogP) is 0.685. The molecule has 1 aliphatic rings. The van der Waals surface area contributed by atoms with Gasteiger partial charge in [-0.1, -0.05) is 0 Å². The Morgan fingerprint density at radius 2 is 2.40 bits per heavy atom. The zero-order valence-corrected chi connectivity index (χ0v) is 9.48. The molecule has 1 N–H and O–H groups in total. The molecule has 0 aliphatic carbocycles. The molecule has 2 heterocycles. The summed E-state index contributed by atoms with van der Waals surface area (Å²) in [6.45, 7) is 4.89. The van der Waals surface area contributed by atoms with Crippen molar-refractivity contribution in [3.63, 3.8) is 0 Å². The molecule has 84 valence electrons. The first-order chi connectivity index (χ1) is 7.16. The van der Waals surface area contributed by atoms with E-state index in [1.165, 1.54) is 11.3 Å². The van der Waals surface area contributed by atoms with Crippen molar-refractivity contribution in [3.05, 3.63) is 17.5 Å². The van der Waals surface area contributed by atoms with Crippen LogP contribution in [0.1, 0.15) is 24.1 Å². The number of aromatic nitrogens is 2. The molecule has 0 saturated carbocycles. The van der Waals surface area contributed by atoms with E-state index in [1.807, 2.05) is 17.9 Å². The molecule has 1 fully saturated rings. The van der Waals surface area contributed by atoms with E-state index in [0.717, 1.165) is 32.5 Å². The molecule has 2 rings (SSSR count). The van der Waals surface area contributed by atoms with Crippen LogP contribution in [0.2, 0.25) is 0 Å². The molecule has 0 bridgehead atoms. The average Bonchev–Trinajstić information content (AvgIpc) is 2.50. The molecule has 15 heavy (non-hydrogen) atoms. The molecule has 4 nitrogen and oxygen atoms in total. The highest BCUT2D eigenvalue weighted by atomic mass is 16.3. The standard InChI is InChI=1S/C11H19N3O/c1-9-10(6-12-13(9)2)7-14-5-3-4-11(15)8-14/h6,11,15H,3-5,7-8H2,1-2H3. The number of rotatable bonds is 2. The Kier molecular flexibility index (Phi) is 3.07. The van der Waals surface area contributed by atoms with E-state index < -0.39 is 0 Å². The Hall–Kier alpha value is -0.870. The number of β-amino-alcohol motifs (C(OH)–C–C–N with tert-alkyl or cyclic N) is 1. The summed E-state index contributed by atoms with van der Waals surface area (Å²) in [5.74, 6) is 0. The van der Waals surface area contributed by atoms with Gasteiger partial charge in [0.2, 0.25) is 0 Å². The van der Waals surface area contributed by atoms with Crippen LogP contribution in [0.5, 0.6) is 0 Å². The highest BCUT2D eigenvalue weighted by molar-refractivity contribution is 5.15. The zero-order chi connectivity index (χ0) is 10.8. The van der Waals surface area contributed by atoms with Crippen LogP contribution >= 0.6 is 0 Å². The molecular weight excluding hydrogens is 190 g/mol. The molecule has 1 atom stereocenters. The Balaban J connectivity index is 1.99. The van der Waals surface area contributed by atoms with Crippen LogP contribution in [0.4, 0.5) is 0 Å². The largest absolute Gasteiger partial charge is 0.392 e. The maximum absolute atomic E-state index is 9.57. The molecule has 1 unspecified atom stereocenters. The topological polar surface area (TPSA) is 41.3 Å². The lowest BCUT2D eigenvalue weighted by molar-refractivity contribution is 0.0667. The first-order valence-corrected chi connectivity index (χ1v) is 5.54. The van der Waals surface area contributed by atoms with Crippen LogP contribution in [-0.4, -0.2) is 39.0 Å². The summed E-state index contributed by atoms with van der Waals surface area (Å²) < 4.78 is 1.90. The summed E-state index contributed by atoms with van der Waals surface area (Å²) in [7, 11) is 1.96. The fraction of sp³-hybridized carbons (Fsp3) is 0.727. The fourth-order valence-electron chi connectivity index (χ4n) is 2.12. The van der Waals surface area contributed by atoms with Gasteiger partial charge in [-0.05, 0) is 26.3 Å². The molecule has 0 aromatic carbocycles. The maximum Gasteiger partial charge on any atom is 0.0667 e. The molecule has 0 spiro atoms. The predicted molar refractivity (Wildman–Crippen MR) is 58.5 cm³/mol. The minimum Gasteiger partial charge on any atom is -0.392 e. The highest BCUT2D eigenvalue weighted by Crippen LogP contribution is 2.15. The normalized spacial score (nSPS) is 23.3. The van der Waals surface area contributed by atoms with Gasteiger partial charge in [0.05, 0.1) is 12.3 Å². The number of aryl methyl sites for hydroxylation is 1. The van der Waals surface area contributed by atoms with E-state index in [0.29, 0.717) is 0 Å². The second-order valence-corrected chi connectivity index (χ2v) is 4.41. The second-order valence-electron chi connectivity index (χ2n) is 4.41. The number of likely N-dealkylation sites (tertiary alicyclic amines) is 1. The van der Waals surface area contributed by atoms with Gasteiger partial charge in [0.25, 0.3) is 0 Å². The minimum atomic E-state index is -0.143. The number of aliphatic hydroxyl groups is 1. The Morgan fingerprint density at radius 1 is 1.60 bits per heavy atom. The second kappa shape index (κ2) is 4.33. The number of piperidine rings is 1. The van der Waals surface area contributed by atoms with Gasteiger partial charge in [-0.3, -0.25) is 9.58 Å². The number of aliphatic hydroxyl groups excluding tert-OH is 1. The lowest BCUT2D eigenvalue weighted by atomic mass is 10.1. The van der Waals surface area contributed by atoms with Gasteiger partial charge in [0, 0.05) is 31.4 Å². The van der Waals surface area contributed by atoms with E-state index in [2.05, 4.69) is 16.9 Å². The highest BCUT2D eigenvalue weighted by Gasteiger charge is 2.18. The van der Waals surface area contributed by atoms with Crippen molar-refractivity contribution >= 4 is 0 Å². The van der Waals surface area contributed by atoms with E-state index in [1.54, 1.807) is 0 Å². The molecule has 1 aromatic rings. The third-order valence-corrected chi connectivity index (χ3v) is 3.21. The van der Waals surface area contributed by atoms with Gasteiger partial charge < -0.3 is 5.11 Å². The van der Waals surface area contributed by atoms with Gasteiger partial charge in [-0.2, -0.15) is 5.10 Å². The van der Waals surface area contributed by atoms with Gasteiger partial charge in [0.15, 0.2) is 0 Å². The Labute approximate surface area is 90.5 Å². The van der Waals surface area contributed by atoms with Gasteiger partial charge >= 0.3 is 0 Å². The van der Waals surface area contributed by atoms with E-state index in [4.69, 9.17) is 0 Å². The molecule has 0 amide bonds. The Bertz CT molecular complexity index is 335. The molecule has 1 saturated heterocycles. The number of hydrogen-bond donors (Lipinski definition) is 1. The van der Waals surface area contributed by atoms with Crippen LogP contribution in [0, 0.1) is 6.92 Å². The van der Waals surface area contributed by atoms with Crippen molar-refractivity contribution in [3.8, 4) is 0 Å². The molecule has 1 aliphatic heterocycles. The number of nitrogens with zero attached hydrogens (tertiary/aromatic N) is 3. The maximum atomic E-state index is 9.57. The fourth-order valence-corrected chi connectivity index (χ4v) is 2.12. The van der Waals surface area contributed by atoms with E-state index in [-0.39, 0.29) is 6.10 Å². The summed E-state index contributed by atoms with van der Waals surface area (Å²) >= 11 is 0. The van der Waals surface area contributed by atoms with Crippen molar-refractivity contribution in [1.29, 1.82) is 0 Å². The van der Waals surface area contributed by atoms with Crippen LogP contribution in [0.15, 0.2) is 6.20 Å². The summed E-state index contributed by atoms with van der Waals surface area (Å²) in [4.78, 5) is 2.30. The summed E-state index contributed by atoms with van der Waals surface area (Å²) in [6, 6.07) is 0. The molecule has 1 aromatic heterocycles. The third kappa shape index (κ3) is 2.38. The van der Waals surface area contributed by atoms with Gasteiger partial charge in [-0.15, -0.1) is 0 Å². The van der Waals surface area contributed by atoms with Crippen molar-refractivity contribution < 1.29 is 5.11 Å². The van der Waals surface area contributed by atoms with Crippen molar-refractivity contribution in [2.24, 2.45) is 7.05 Å². The average molecular weight is 209 g/mol. The summed E-state index contributed by atoms with van der Waals surface area (Å²) in [6.07, 6.45) is 3.83. The summed E-state index contributed by atoms with van der Waals surface area (Å²) in [5.41, 5.74) is 2.49. The quantitative estimate of drug-likeness (QED) is 0.779. The lowest BCUT2D eigenvalue weighted by Gasteiger charge is -2.29. The first kappa shape index (κ1) is 10.6. The van der Waals surface area contributed by atoms with E-state index in [9.17, 15) is 5.11 Å².